The first-order valence-corrected chi connectivity index (χ1v) is 7.87. The van der Waals surface area contributed by atoms with Crippen LogP contribution in [0.5, 0.6) is 5.75 Å². The lowest BCUT2D eigenvalue weighted by Gasteiger charge is -2.27. The highest BCUT2D eigenvalue weighted by Crippen LogP contribution is 2.36. The van der Waals surface area contributed by atoms with Crippen molar-refractivity contribution in [1.29, 1.82) is 0 Å². The quantitative estimate of drug-likeness (QED) is 0.478. The summed E-state index contributed by atoms with van der Waals surface area (Å²) in [6.07, 6.45) is 10.6. The van der Waals surface area contributed by atoms with Gasteiger partial charge in [-0.25, -0.2) is 0 Å². The van der Waals surface area contributed by atoms with E-state index in [4.69, 9.17) is 10.6 Å². The molecular weight excluding hydrogens is 252 g/mol. The maximum absolute atomic E-state index is 5.89. The number of hydrogen-bond donors (Lipinski definition) is 2. The third-order valence-electron chi connectivity index (χ3n) is 4.35. The van der Waals surface area contributed by atoms with Gasteiger partial charge in [0, 0.05) is 6.54 Å². The predicted molar refractivity (Wildman–Crippen MR) is 80.3 cm³/mol. The van der Waals surface area contributed by atoms with E-state index in [1.807, 2.05) is 10.9 Å². The molecule has 0 saturated heterocycles. The molecule has 1 fully saturated rings. The van der Waals surface area contributed by atoms with Crippen LogP contribution in [0.1, 0.15) is 63.6 Å². The van der Waals surface area contributed by atoms with Crippen LogP contribution < -0.4 is 16.0 Å². The highest BCUT2D eigenvalue weighted by Gasteiger charge is 2.29. The minimum atomic E-state index is 0.136. The van der Waals surface area contributed by atoms with Crippen molar-refractivity contribution in [3.8, 4) is 5.75 Å². The smallest absolute Gasteiger partial charge is 0.161 e. The normalized spacial score (nSPS) is 18.8. The number of aromatic nitrogens is 2. The summed E-state index contributed by atoms with van der Waals surface area (Å²) in [4.78, 5) is 0. The van der Waals surface area contributed by atoms with Gasteiger partial charge in [-0.2, -0.15) is 5.10 Å². The number of rotatable bonds is 6. The maximum atomic E-state index is 5.89. The van der Waals surface area contributed by atoms with Gasteiger partial charge in [-0.15, -0.1) is 0 Å². The number of nitrogens with two attached hydrogens (primary N) is 1. The molecule has 1 aromatic heterocycles. The molecule has 5 heteroatoms. The van der Waals surface area contributed by atoms with Gasteiger partial charge >= 0.3 is 0 Å². The van der Waals surface area contributed by atoms with Crippen molar-refractivity contribution >= 4 is 0 Å². The average molecular weight is 280 g/mol. The second-order valence-electron chi connectivity index (χ2n) is 5.72. The van der Waals surface area contributed by atoms with Crippen LogP contribution in [-0.2, 0) is 6.54 Å². The summed E-state index contributed by atoms with van der Waals surface area (Å²) in [5.74, 6) is 7.31. The Labute approximate surface area is 121 Å². The second-order valence-corrected chi connectivity index (χ2v) is 5.72. The van der Waals surface area contributed by atoms with Crippen LogP contribution in [0.15, 0.2) is 6.20 Å². The van der Waals surface area contributed by atoms with Crippen LogP contribution in [0, 0.1) is 5.92 Å². The Kier molecular flexibility index (Phi) is 5.86. The van der Waals surface area contributed by atoms with Crippen molar-refractivity contribution in [3.05, 3.63) is 11.9 Å². The van der Waals surface area contributed by atoms with Gasteiger partial charge in [0.2, 0.25) is 0 Å². The molecule has 0 aromatic carbocycles. The molecule has 0 bridgehead atoms. The fourth-order valence-electron chi connectivity index (χ4n) is 3.32. The van der Waals surface area contributed by atoms with Gasteiger partial charge in [-0.3, -0.25) is 16.0 Å². The Hall–Kier alpha value is -1.07. The van der Waals surface area contributed by atoms with Gasteiger partial charge < -0.3 is 4.74 Å². The first-order chi connectivity index (χ1) is 9.81. The van der Waals surface area contributed by atoms with E-state index in [0.717, 1.165) is 24.4 Å². The van der Waals surface area contributed by atoms with E-state index in [0.29, 0.717) is 5.92 Å². The topological polar surface area (TPSA) is 65.1 Å². The number of nitrogens with one attached hydrogen (secondary N) is 1. The van der Waals surface area contributed by atoms with Crippen molar-refractivity contribution in [2.24, 2.45) is 11.8 Å². The van der Waals surface area contributed by atoms with Gasteiger partial charge in [0.15, 0.2) is 5.75 Å². The van der Waals surface area contributed by atoms with Crippen LogP contribution in [0.4, 0.5) is 0 Å². The van der Waals surface area contributed by atoms with Gasteiger partial charge in [0.1, 0.15) is 0 Å². The summed E-state index contributed by atoms with van der Waals surface area (Å²) in [5, 5.41) is 4.46. The summed E-state index contributed by atoms with van der Waals surface area (Å²) in [7, 11) is 1.71. The first kappa shape index (κ1) is 15.3. The molecule has 1 heterocycles. The molecule has 114 valence electrons. The molecule has 1 aliphatic carbocycles. The van der Waals surface area contributed by atoms with Crippen LogP contribution in [0.3, 0.4) is 0 Å². The van der Waals surface area contributed by atoms with Gasteiger partial charge in [-0.05, 0) is 25.2 Å². The lowest BCUT2D eigenvalue weighted by atomic mass is 9.90. The molecule has 1 unspecified atom stereocenters. The highest BCUT2D eigenvalue weighted by molar-refractivity contribution is 5.29. The van der Waals surface area contributed by atoms with E-state index in [1.165, 1.54) is 38.5 Å². The average Bonchev–Trinajstić information content (AvgIpc) is 2.68. The van der Waals surface area contributed by atoms with E-state index in [-0.39, 0.29) is 6.04 Å². The Morgan fingerprint density at radius 1 is 1.40 bits per heavy atom. The lowest BCUT2D eigenvalue weighted by molar-refractivity contribution is 0.299. The molecular formula is C15H28N4O. The van der Waals surface area contributed by atoms with Crippen molar-refractivity contribution in [1.82, 2.24) is 15.2 Å². The summed E-state index contributed by atoms with van der Waals surface area (Å²) in [6.45, 7) is 3.07. The van der Waals surface area contributed by atoms with Crippen molar-refractivity contribution in [3.63, 3.8) is 0 Å². The van der Waals surface area contributed by atoms with E-state index in [2.05, 4.69) is 17.4 Å². The van der Waals surface area contributed by atoms with Gasteiger partial charge in [0.05, 0.1) is 25.0 Å². The van der Waals surface area contributed by atoms with E-state index in [9.17, 15) is 0 Å². The van der Waals surface area contributed by atoms with E-state index >= 15 is 0 Å². The monoisotopic (exact) mass is 280 g/mol. The molecule has 5 nitrogen and oxygen atoms in total. The molecule has 0 radical (unpaired) electrons. The summed E-state index contributed by atoms with van der Waals surface area (Å²) in [5.41, 5.74) is 4.15. The fraction of sp³-hybridized carbons (Fsp3) is 0.800. The van der Waals surface area contributed by atoms with Crippen LogP contribution in [0.2, 0.25) is 0 Å². The third-order valence-corrected chi connectivity index (χ3v) is 4.35. The molecule has 0 amide bonds. The first-order valence-electron chi connectivity index (χ1n) is 7.87. The Balaban J connectivity index is 2.26. The zero-order valence-corrected chi connectivity index (χ0v) is 12.8. The third kappa shape index (κ3) is 3.33. The number of nitrogens with zero attached hydrogens (tertiary/aromatic N) is 2. The Morgan fingerprint density at radius 3 is 2.65 bits per heavy atom. The highest BCUT2D eigenvalue weighted by atomic mass is 16.5. The Bertz CT molecular complexity index is 397. The molecule has 1 aromatic rings. The minimum absolute atomic E-state index is 0.136. The maximum Gasteiger partial charge on any atom is 0.161 e. The number of hydrogen-bond acceptors (Lipinski definition) is 4. The van der Waals surface area contributed by atoms with Crippen molar-refractivity contribution < 1.29 is 4.74 Å². The summed E-state index contributed by atoms with van der Waals surface area (Å²) in [6, 6.07) is 0.136. The second kappa shape index (κ2) is 7.64. The molecule has 2 rings (SSSR count). The molecule has 0 spiro atoms. The Morgan fingerprint density at radius 2 is 2.10 bits per heavy atom. The van der Waals surface area contributed by atoms with Gasteiger partial charge in [-0.1, -0.05) is 32.6 Å². The van der Waals surface area contributed by atoms with Crippen LogP contribution >= 0.6 is 0 Å². The van der Waals surface area contributed by atoms with Gasteiger partial charge in [0.25, 0.3) is 0 Å². The predicted octanol–water partition coefficient (Wildman–Crippen LogP) is 2.78. The molecule has 20 heavy (non-hydrogen) atoms. The lowest BCUT2D eigenvalue weighted by Crippen LogP contribution is -2.35. The molecule has 1 saturated carbocycles. The number of aryl methyl sites for hydroxylation is 1. The molecule has 3 N–H and O–H groups in total. The molecule has 1 atom stereocenters. The van der Waals surface area contributed by atoms with Crippen molar-refractivity contribution in [2.75, 3.05) is 7.11 Å². The minimum Gasteiger partial charge on any atom is -0.493 e. The SMILES string of the molecule is CCCn1ncc(OC)c1C(NN)C1CCCCCC1. The standard InChI is InChI=1S/C15H28N4O/c1-3-10-19-15(13(20-2)11-17-19)14(18-16)12-8-6-4-5-7-9-12/h11-12,14,18H,3-10,16H2,1-2H3. The number of ether oxygens (including phenoxy) is 1. The van der Waals surface area contributed by atoms with E-state index < -0.39 is 0 Å². The number of hydrazine groups is 1. The van der Waals surface area contributed by atoms with Crippen LogP contribution in [-0.4, -0.2) is 16.9 Å². The molecule has 0 aliphatic heterocycles. The number of methoxy groups -OCH3 is 1. The zero-order chi connectivity index (χ0) is 14.4. The summed E-state index contributed by atoms with van der Waals surface area (Å²) >= 11 is 0. The van der Waals surface area contributed by atoms with Crippen molar-refractivity contribution in [2.45, 2.75) is 64.5 Å². The summed E-state index contributed by atoms with van der Waals surface area (Å²) < 4.78 is 7.55. The van der Waals surface area contributed by atoms with E-state index in [1.54, 1.807) is 7.11 Å². The largest absolute Gasteiger partial charge is 0.493 e. The molecule has 1 aliphatic rings. The fourth-order valence-corrected chi connectivity index (χ4v) is 3.32. The zero-order valence-electron chi connectivity index (χ0n) is 12.8. The van der Waals surface area contributed by atoms with Crippen LogP contribution in [0.25, 0.3) is 0 Å².